The van der Waals surface area contributed by atoms with Crippen LogP contribution in [0, 0.1) is 44.8 Å². The fourth-order valence-electron chi connectivity index (χ4n) is 7.35. The van der Waals surface area contributed by atoms with Crippen LogP contribution in [0.2, 0.25) is 0 Å². The Morgan fingerprint density at radius 3 is 2.35 bits per heavy atom. The van der Waals surface area contributed by atoms with Crippen molar-refractivity contribution < 1.29 is 27.1 Å². The molecule has 0 fully saturated rings. The number of methoxy groups -OCH3 is 1. The van der Waals surface area contributed by atoms with Crippen molar-refractivity contribution in [3.8, 4) is 22.2 Å². The number of benzene rings is 4. The van der Waals surface area contributed by atoms with Gasteiger partial charge in [0, 0.05) is 39.7 Å². The standard InChI is InChI=1S/C44H37FN8O5S2/c1-23-6-16-34(41-38(23)32(20-46)22-47-41)52-60(56,57)36-17-7-27(18-33(36)45)21-48-43(55)31-14-10-29(11-15-31)28-8-12-30(13-9-28)40-39-24(2)25(3)59-44(39)53-26(4)50-51-42(53)35(49-40)19-37(54)58-5/h6-18,22,35,47,52H,19,21H2,1-5H3,(H,48,55)/t35-/m0/s1. The van der Waals surface area contributed by atoms with Crippen molar-refractivity contribution in [3.05, 3.63) is 146 Å². The number of aliphatic imine (C=N–C) groups is 1. The Kier molecular flexibility index (Phi) is 10.4. The first kappa shape index (κ1) is 39.8. The summed E-state index contributed by atoms with van der Waals surface area (Å²) in [5, 5.41) is 22.5. The Morgan fingerprint density at radius 1 is 0.967 bits per heavy atom. The molecule has 302 valence electrons. The zero-order valence-electron chi connectivity index (χ0n) is 33.0. The lowest BCUT2D eigenvalue weighted by Crippen LogP contribution is -2.23. The van der Waals surface area contributed by atoms with Crippen LogP contribution in [0.25, 0.3) is 27.0 Å². The molecule has 60 heavy (non-hydrogen) atoms. The average Bonchev–Trinajstić information content (AvgIpc) is 3.92. The molecule has 1 aliphatic heterocycles. The number of carbonyl (C=O) groups is 2. The highest BCUT2D eigenvalue weighted by Gasteiger charge is 2.33. The maximum absolute atomic E-state index is 15.3. The Hall–Kier alpha value is -6.96. The summed E-state index contributed by atoms with van der Waals surface area (Å²) in [7, 11) is -2.99. The number of rotatable bonds is 10. The zero-order valence-corrected chi connectivity index (χ0v) is 34.7. The molecule has 0 aliphatic carbocycles. The lowest BCUT2D eigenvalue weighted by atomic mass is 9.96. The molecular weight excluding hydrogens is 804 g/mol. The number of ether oxygens (including phenoxy) is 1. The van der Waals surface area contributed by atoms with Gasteiger partial charge in [-0.2, -0.15) is 5.26 Å². The monoisotopic (exact) mass is 840 g/mol. The van der Waals surface area contributed by atoms with Crippen molar-refractivity contribution in [3.63, 3.8) is 0 Å². The number of thiophene rings is 1. The molecule has 1 atom stereocenters. The number of aromatic nitrogens is 4. The summed E-state index contributed by atoms with van der Waals surface area (Å²) in [6.07, 6.45) is 1.50. The number of aromatic amines is 1. The molecule has 16 heteroatoms. The van der Waals surface area contributed by atoms with E-state index in [4.69, 9.17) is 9.73 Å². The number of H-pyrrole nitrogens is 1. The summed E-state index contributed by atoms with van der Waals surface area (Å²) in [5.41, 5.74) is 7.92. The number of amides is 1. The second-order valence-electron chi connectivity index (χ2n) is 14.4. The van der Waals surface area contributed by atoms with Crippen LogP contribution in [0.4, 0.5) is 10.1 Å². The number of halogens is 1. The van der Waals surface area contributed by atoms with E-state index in [1.165, 1.54) is 19.4 Å². The van der Waals surface area contributed by atoms with E-state index in [1.54, 1.807) is 42.5 Å². The van der Waals surface area contributed by atoms with Crippen molar-refractivity contribution in [2.24, 2.45) is 4.99 Å². The molecule has 0 unspecified atom stereocenters. The maximum Gasteiger partial charge on any atom is 0.308 e. The molecule has 1 amide bonds. The van der Waals surface area contributed by atoms with Crippen LogP contribution in [0.3, 0.4) is 0 Å². The normalized spacial score (nSPS) is 13.5. The average molecular weight is 841 g/mol. The summed E-state index contributed by atoms with van der Waals surface area (Å²) >= 11 is 1.63. The molecule has 3 N–H and O–H groups in total. The molecule has 7 aromatic rings. The van der Waals surface area contributed by atoms with Crippen LogP contribution in [-0.2, 0) is 26.1 Å². The van der Waals surface area contributed by atoms with E-state index in [0.717, 1.165) is 61.1 Å². The van der Waals surface area contributed by atoms with Gasteiger partial charge in [0.2, 0.25) is 0 Å². The third kappa shape index (κ3) is 7.22. The number of esters is 1. The number of hydrogen-bond donors (Lipinski definition) is 3. The van der Waals surface area contributed by atoms with Crippen molar-refractivity contribution in [2.75, 3.05) is 11.8 Å². The molecule has 0 saturated heterocycles. The van der Waals surface area contributed by atoms with E-state index in [9.17, 15) is 23.3 Å². The van der Waals surface area contributed by atoms with E-state index in [2.05, 4.69) is 45.1 Å². The number of hydrogen-bond acceptors (Lipinski definition) is 10. The van der Waals surface area contributed by atoms with Gasteiger partial charge < -0.3 is 15.0 Å². The van der Waals surface area contributed by atoms with Gasteiger partial charge in [0.15, 0.2) is 5.82 Å². The van der Waals surface area contributed by atoms with Gasteiger partial charge in [-0.15, -0.1) is 21.5 Å². The highest BCUT2D eigenvalue weighted by molar-refractivity contribution is 7.92. The van der Waals surface area contributed by atoms with Gasteiger partial charge >= 0.3 is 5.97 Å². The molecule has 0 radical (unpaired) electrons. The Labute approximate surface area is 348 Å². The molecule has 4 aromatic carbocycles. The zero-order chi connectivity index (χ0) is 42.5. The minimum Gasteiger partial charge on any atom is -0.469 e. The summed E-state index contributed by atoms with van der Waals surface area (Å²) in [6, 6.07) is 23.4. The third-order valence-corrected chi connectivity index (χ3v) is 13.2. The van der Waals surface area contributed by atoms with E-state index >= 15 is 4.39 Å². The molecule has 4 heterocycles. The van der Waals surface area contributed by atoms with Crippen LogP contribution < -0.4 is 10.0 Å². The number of anilines is 1. The molecule has 1 aliphatic rings. The minimum absolute atomic E-state index is 0.00792. The van der Waals surface area contributed by atoms with Crippen molar-refractivity contribution in [1.82, 2.24) is 25.1 Å². The predicted octanol–water partition coefficient (Wildman–Crippen LogP) is 7.91. The Morgan fingerprint density at radius 2 is 1.67 bits per heavy atom. The first-order chi connectivity index (χ1) is 28.8. The fourth-order valence-corrected chi connectivity index (χ4v) is 9.70. The van der Waals surface area contributed by atoms with Crippen LogP contribution >= 0.6 is 11.3 Å². The van der Waals surface area contributed by atoms with Crippen LogP contribution in [-0.4, -0.2) is 52.9 Å². The Bertz CT molecular complexity index is 3050. The second kappa shape index (κ2) is 15.7. The van der Waals surface area contributed by atoms with Crippen molar-refractivity contribution in [2.45, 2.75) is 51.6 Å². The first-order valence-electron chi connectivity index (χ1n) is 18.8. The number of aryl methyl sites for hydroxylation is 3. The lowest BCUT2D eigenvalue weighted by Gasteiger charge is -2.12. The van der Waals surface area contributed by atoms with Crippen molar-refractivity contribution in [1.29, 1.82) is 5.26 Å². The van der Waals surface area contributed by atoms with Gasteiger partial charge in [0.05, 0.1) is 36.0 Å². The summed E-state index contributed by atoms with van der Waals surface area (Å²) < 4.78 is 51.2. The smallest absolute Gasteiger partial charge is 0.308 e. The maximum atomic E-state index is 15.3. The number of nitrogens with one attached hydrogen (secondary N) is 3. The van der Waals surface area contributed by atoms with E-state index in [-0.39, 0.29) is 18.7 Å². The molecule has 0 bridgehead atoms. The molecule has 13 nitrogen and oxygen atoms in total. The number of nitrogens with zero attached hydrogens (tertiary/aromatic N) is 5. The topological polar surface area (TPSA) is 184 Å². The fraction of sp³-hybridized carbons (Fsp3) is 0.182. The summed E-state index contributed by atoms with van der Waals surface area (Å²) in [4.78, 5) is 34.2. The number of fused-ring (bicyclic) bond motifs is 4. The van der Waals surface area contributed by atoms with Gasteiger partial charge in [-0.25, -0.2) is 12.8 Å². The molecule has 0 saturated carbocycles. The van der Waals surface area contributed by atoms with Crippen LogP contribution in [0.5, 0.6) is 0 Å². The summed E-state index contributed by atoms with van der Waals surface area (Å²) in [6.45, 7) is 7.77. The largest absolute Gasteiger partial charge is 0.469 e. The highest BCUT2D eigenvalue weighted by atomic mass is 32.2. The third-order valence-electron chi connectivity index (χ3n) is 10.6. The van der Waals surface area contributed by atoms with E-state index in [0.29, 0.717) is 39.2 Å². The second-order valence-corrected chi connectivity index (χ2v) is 17.2. The van der Waals surface area contributed by atoms with Crippen LogP contribution in [0.15, 0.2) is 94.9 Å². The number of sulfonamides is 1. The molecule has 3 aromatic heterocycles. The quantitative estimate of drug-likeness (QED) is 0.116. The minimum atomic E-state index is -4.34. The van der Waals surface area contributed by atoms with Gasteiger partial charge in [-0.3, -0.25) is 23.9 Å². The SMILES string of the molecule is COC(=O)C[C@@H]1N=C(c2ccc(-c3ccc(C(=O)NCc4ccc(S(=O)(=O)Nc5ccc(C)c6c(C#N)c[nH]c56)c(F)c4)cc3)cc2)c2c(sc(C)c2C)-n2c(C)nnc21. The Balaban J connectivity index is 0.957. The highest BCUT2D eigenvalue weighted by Crippen LogP contribution is 2.40. The van der Waals surface area contributed by atoms with Gasteiger partial charge in [0.1, 0.15) is 33.6 Å². The lowest BCUT2D eigenvalue weighted by molar-refractivity contribution is -0.141. The van der Waals surface area contributed by atoms with Gasteiger partial charge in [-0.1, -0.05) is 48.5 Å². The van der Waals surface area contributed by atoms with Gasteiger partial charge in [0.25, 0.3) is 15.9 Å². The molecule has 8 rings (SSSR count). The van der Waals surface area contributed by atoms with Crippen LogP contribution in [0.1, 0.15) is 72.7 Å². The number of nitriles is 1. The van der Waals surface area contributed by atoms with Gasteiger partial charge in [-0.05, 0) is 85.8 Å². The summed E-state index contributed by atoms with van der Waals surface area (Å²) in [5.74, 6) is -0.496. The molecular formula is C44H37FN8O5S2. The van der Waals surface area contributed by atoms with E-state index in [1.807, 2.05) is 47.9 Å². The van der Waals surface area contributed by atoms with E-state index < -0.39 is 38.7 Å². The van der Waals surface area contributed by atoms with Crippen molar-refractivity contribution >= 4 is 55.5 Å². The number of carbonyl (C=O) groups excluding carboxylic acids is 2. The predicted molar refractivity (Wildman–Crippen MR) is 226 cm³/mol. The first-order valence-corrected chi connectivity index (χ1v) is 21.1. The molecule has 0 spiro atoms.